The third-order valence-electron chi connectivity index (χ3n) is 10.0. The molecule has 0 spiro atoms. The molecule has 0 aliphatic rings. The minimum atomic E-state index is 0.904. The number of furan rings is 1. The van der Waals surface area contributed by atoms with Crippen molar-refractivity contribution >= 4 is 71.3 Å². The van der Waals surface area contributed by atoms with Crippen LogP contribution in [0.25, 0.3) is 76.5 Å². The Labute approximate surface area is 290 Å². The van der Waals surface area contributed by atoms with Gasteiger partial charge in [-0.25, -0.2) is 0 Å². The van der Waals surface area contributed by atoms with Gasteiger partial charge in [0, 0.05) is 32.9 Å². The maximum Gasteiger partial charge on any atom is 0.143 e. The van der Waals surface area contributed by atoms with E-state index in [-0.39, 0.29) is 0 Å². The predicted molar refractivity (Wildman–Crippen MR) is 212 cm³/mol. The van der Waals surface area contributed by atoms with E-state index in [2.05, 4.69) is 193 Å². The Morgan fingerprint density at radius 3 is 1.86 bits per heavy atom. The van der Waals surface area contributed by atoms with E-state index in [4.69, 9.17) is 4.42 Å². The Bertz CT molecular complexity index is 2870. The van der Waals surface area contributed by atoms with Gasteiger partial charge in [0.1, 0.15) is 11.2 Å². The van der Waals surface area contributed by atoms with Crippen molar-refractivity contribution in [2.45, 2.75) is 0 Å². The van der Waals surface area contributed by atoms with Gasteiger partial charge in [-0.15, -0.1) is 0 Å². The van der Waals surface area contributed by atoms with Gasteiger partial charge in [-0.05, 0) is 92.3 Å². The molecule has 0 bridgehead atoms. The first-order valence-corrected chi connectivity index (χ1v) is 17.1. The Hall–Kier alpha value is -6.64. The molecule has 0 aliphatic carbocycles. The van der Waals surface area contributed by atoms with Crippen molar-refractivity contribution in [2.75, 3.05) is 4.90 Å². The quantitative estimate of drug-likeness (QED) is 0.187. The number of nitrogens with zero attached hydrogens (tertiary/aromatic N) is 1. The summed E-state index contributed by atoms with van der Waals surface area (Å²) in [6.07, 6.45) is 0. The second-order valence-electron chi connectivity index (χ2n) is 12.9. The fourth-order valence-electron chi connectivity index (χ4n) is 7.61. The normalized spacial score (nSPS) is 11.6. The van der Waals surface area contributed by atoms with Gasteiger partial charge in [-0.3, -0.25) is 0 Å². The summed E-state index contributed by atoms with van der Waals surface area (Å²) in [5.41, 5.74) is 9.88. The molecule has 0 saturated heterocycles. The maximum absolute atomic E-state index is 6.51. The molecular formula is C48H31NO. The summed E-state index contributed by atoms with van der Waals surface area (Å²) in [6, 6.07) is 67.5. The second-order valence-corrected chi connectivity index (χ2v) is 12.9. The highest BCUT2D eigenvalue weighted by Gasteiger charge is 2.18. The van der Waals surface area contributed by atoms with Gasteiger partial charge in [0.05, 0.1) is 5.69 Å². The smallest absolute Gasteiger partial charge is 0.143 e. The lowest BCUT2D eigenvalue weighted by Crippen LogP contribution is -2.10. The lowest BCUT2D eigenvalue weighted by atomic mass is 9.97. The van der Waals surface area contributed by atoms with Crippen molar-refractivity contribution in [1.82, 2.24) is 0 Å². The van der Waals surface area contributed by atoms with Crippen LogP contribution in [0.1, 0.15) is 0 Å². The highest BCUT2D eigenvalue weighted by atomic mass is 16.3. The average Bonchev–Trinajstić information content (AvgIpc) is 3.58. The molecule has 0 unspecified atom stereocenters. The number of fused-ring (bicyclic) bond motifs is 7. The van der Waals surface area contributed by atoms with E-state index >= 15 is 0 Å². The summed E-state index contributed by atoms with van der Waals surface area (Å²) < 4.78 is 6.51. The molecule has 0 saturated carbocycles. The van der Waals surface area contributed by atoms with Crippen LogP contribution in [0, 0.1) is 0 Å². The van der Waals surface area contributed by atoms with Crippen LogP contribution in [-0.2, 0) is 0 Å². The van der Waals surface area contributed by atoms with Crippen LogP contribution >= 0.6 is 0 Å². The fourth-order valence-corrected chi connectivity index (χ4v) is 7.61. The monoisotopic (exact) mass is 637 g/mol. The number of hydrogen-bond donors (Lipinski definition) is 0. The summed E-state index contributed by atoms with van der Waals surface area (Å²) in [7, 11) is 0. The van der Waals surface area contributed by atoms with E-state index in [1.54, 1.807) is 0 Å². The first kappa shape index (κ1) is 28.4. The van der Waals surface area contributed by atoms with Gasteiger partial charge in [0.25, 0.3) is 0 Å². The lowest BCUT2D eigenvalue weighted by molar-refractivity contribution is 0.673. The highest BCUT2D eigenvalue weighted by Crippen LogP contribution is 2.43. The van der Waals surface area contributed by atoms with Gasteiger partial charge < -0.3 is 9.32 Å². The van der Waals surface area contributed by atoms with Crippen LogP contribution in [0.15, 0.2) is 192 Å². The summed E-state index contributed by atoms with van der Waals surface area (Å²) in [5.74, 6) is 0. The third kappa shape index (κ3) is 4.65. The highest BCUT2D eigenvalue weighted by molar-refractivity contribution is 6.19. The van der Waals surface area contributed by atoms with Crippen LogP contribution in [-0.4, -0.2) is 0 Å². The van der Waals surface area contributed by atoms with Crippen molar-refractivity contribution in [3.05, 3.63) is 188 Å². The molecular weight excluding hydrogens is 607 g/mol. The van der Waals surface area contributed by atoms with E-state index in [0.717, 1.165) is 55.5 Å². The molecule has 0 atom stereocenters. The summed E-state index contributed by atoms with van der Waals surface area (Å²) in [4.78, 5) is 2.39. The molecule has 10 aromatic rings. The zero-order chi connectivity index (χ0) is 33.0. The number of anilines is 3. The molecule has 0 aliphatic heterocycles. The maximum atomic E-state index is 6.51. The van der Waals surface area contributed by atoms with Crippen molar-refractivity contribution in [3.63, 3.8) is 0 Å². The molecule has 0 N–H and O–H groups in total. The van der Waals surface area contributed by atoms with Gasteiger partial charge >= 0.3 is 0 Å². The Morgan fingerprint density at radius 1 is 0.360 bits per heavy atom. The van der Waals surface area contributed by atoms with E-state index in [0.29, 0.717) is 0 Å². The van der Waals surface area contributed by atoms with Gasteiger partial charge in [0.2, 0.25) is 0 Å². The molecule has 2 heteroatoms. The number of benzene rings is 9. The largest absolute Gasteiger partial charge is 0.455 e. The van der Waals surface area contributed by atoms with Crippen LogP contribution < -0.4 is 4.90 Å². The molecule has 2 nitrogen and oxygen atoms in total. The van der Waals surface area contributed by atoms with Crippen LogP contribution in [0.2, 0.25) is 0 Å². The topological polar surface area (TPSA) is 16.4 Å². The Balaban J connectivity index is 1.12. The Morgan fingerprint density at radius 2 is 1.00 bits per heavy atom. The zero-order valence-electron chi connectivity index (χ0n) is 27.3. The summed E-state index contributed by atoms with van der Waals surface area (Å²) in [5, 5.41) is 9.52. The van der Waals surface area contributed by atoms with Crippen molar-refractivity contribution in [2.24, 2.45) is 0 Å². The fraction of sp³-hybridized carbons (Fsp3) is 0. The predicted octanol–water partition coefficient (Wildman–Crippen LogP) is 13.8. The summed E-state index contributed by atoms with van der Waals surface area (Å²) >= 11 is 0. The van der Waals surface area contributed by atoms with Crippen LogP contribution in [0.3, 0.4) is 0 Å². The zero-order valence-corrected chi connectivity index (χ0v) is 27.3. The van der Waals surface area contributed by atoms with Gasteiger partial charge in [0.15, 0.2) is 0 Å². The molecule has 1 aromatic heterocycles. The molecule has 234 valence electrons. The van der Waals surface area contributed by atoms with E-state index in [9.17, 15) is 0 Å². The number of rotatable bonds is 5. The minimum Gasteiger partial charge on any atom is -0.455 e. The molecule has 1 heterocycles. The van der Waals surface area contributed by atoms with Gasteiger partial charge in [-0.2, -0.15) is 0 Å². The van der Waals surface area contributed by atoms with Crippen molar-refractivity contribution in [3.8, 4) is 22.3 Å². The van der Waals surface area contributed by atoms with Crippen LogP contribution in [0.5, 0.6) is 0 Å². The molecule has 0 radical (unpaired) electrons. The molecule has 0 fully saturated rings. The first-order chi connectivity index (χ1) is 24.8. The average molecular weight is 638 g/mol. The standard InChI is InChI=1S/C48H31NO/c1-2-13-36-30-38(23-22-32(36)10-1)37-15-7-16-40(31-37)49(45-20-8-14-33-11-3-5-17-41(33)45)39-27-24-35(25-28-39)42-19-9-21-46-47(42)44-29-26-34-12-4-6-18-43(34)48(44)50-46/h1-31H. The van der Waals surface area contributed by atoms with E-state index in [1.165, 1.54) is 38.1 Å². The minimum absolute atomic E-state index is 0.904. The van der Waals surface area contributed by atoms with E-state index in [1.807, 2.05) is 0 Å². The van der Waals surface area contributed by atoms with Crippen molar-refractivity contribution < 1.29 is 4.42 Å². The number of hydrogen-bond acceptors (Lipinski definition) is 2. The molecule has 10 rings (SSSR count). The molecule has 9 aromatic carbocycles. The van der Waals surface area contributed by atoms with Gasteiger partial charge in [-0.1, -0.05) is 140 Å². The molecule has 50 heavy (non-hydrogen) atoms. The van der Waals surface area contributed by atoms with Crippen LogP contribution in [0.4, 0.5) is 17.1 Å². The molecule has 0 amide bonds. The Kier molecular flexibility index (Phi) is 6.53. The van der Waals surface area contributed by atoms with Crippen molar-refractivity contribution in [1.29, 1.82) is 0 Å². The lowest BCUT2D eigenvalue weighted by Gasteiger charge is -2.27. The summed E-state index contributed by atoms with van der Waals surface area (Å²) in [6.45, 7) is 0. The third-order valence-corrected chi connectivity index (χ3v) is 10.0. The van der Waals surface area contributed by atoms with E-state index < -0.39 is 0 Å². The first-order valence-electron chi connectivity index (χ1n) is 17.1. The second kappa shape index (κ2) is 11.5. The SMILES string of the molecule is c1cc(-c2ccc3ccccc3c2)cc(N(c2ccc(-c3cccc4oc5c6ccccc6ccc5c34)cc2)c2cccc3ccccc23)c1.